The minimum Gasteiger partial charge on any atom is -0.396 e. The summed E-state index contributed by atoms with van der Waals surface area (Å²) in [6.45, 7) is 0.133. The quantitative estimate of drug-likeness (QED) is 0.856. The molecule has 4 heteroatoms. The molecule has 1 heterocycles. The van der Waals surface area contributed by atoms with Crippen molar-refractivity contribution in [1.29, 1.82) is 0 Å². The topological polar surface area (TPSA) is 62.2 Å². The summed E-state index contributed by atoms with van der Waals surface area (Å²) in [5.74, 6) is 0.0172. The van der Waals surface area contributed by atoms with Gasteiger partial charge in [0.05, 0.1) is 0 Å². The monoisotopic (exact) mass is 298 g/mol. The van der Waals surface area contributed by atoms with Crippen LogP contribution in [0, 0.1) is 5.92 Å². The number of hydrogen-bond donors (Lipinski definition) is 2. The Bertz CT molecular complexity index is 651. The lowest BCUT2D eigenvalue weighted by Gasteiger charge is -2.24. The van der Waals surface area contributed by atoms with Crippen molar-refractivity contribution >= 4 is 16.7 Å². The number of hydrogen-bond acceptors (Lipinski definition) is 3. The van der Waals surface area contributed by atoms with E-state index < -0.39 is 0 Å². The number of carbonyl (C=O) groups excluding carboxylic acids is 1. The van der Waals surface area contributed by atoms with Crippen LogP contribution >= 0.6 is 0 Å². The zero-order valence-electron chi connectivity index (χ0n) is 12.7. The molecule has 1 aromatic heterocycles. The smallest absolute Gasteiger partial charge is 0.270 e. The second-order valence-corrected chi connectivity index (χ2v) is 6.04. The van der Waals surface area contributed by atoms with E-state index in [0.29, 0.717) is 5.69 Å². The molecule has 2 atom stereocenters. The molecule has 0 spiro atoms. The van der Waals surface area contributed by atoms with Gasteiger partial charge in [-0.3, -0.25) is 9.78 Å². The molecule has 1 saturated carbocycles. The first kappa shape index (κ1) is 15.0. The van der Waals surface area contributed by atoms with Crippen molar-refractivity contribution in [2.45, 2.75) is 38.1 Å². The fourth-order valence-corrected chi connectivity index (χ4v) is 3.33. The van der Waals surface area contributed by atoms with E-state index in [2.05, 4.69) is 10.3 Å². The number of pyridine rings is 1. The number of aliphatic hydroxyl groups is 1. The normalized spacial score (nSPS) is 22.2. The van der Waals surface area contributed by atoms with Crippen LogP contribution < -0.4 is 5.32 Å². The van der Waals surface area contributed by atoms with E-state index in [4.69, 9.17) is 0 Å². The van der Waals surface area contributed by atoms with Crippen LogP contribution in [-0.2, 0) is 0 Å². The van der Waals surface area contributed by atoms with Crippen molar-refractivity contribution in [1.82, 2.24) is 10.3 Å². The van der Waals surface area contributed by atoms with Gasteiger partial charge in [-0.05, 0) is 24.3 Å². The maximum absolute atomic E-state index is 12.6. The van der Waals surface area contributed by atoms with Gasteiger partial charge in [-0.2, -0.15) is 0 Å². The molecule has 2 N–H and O–H groups in total. The third kappa shape index (κ3) is 3.12. The van der Waals surface area contributed by atoms with Gasteiger partial charge in [0.2, 0.25) is 0 Å². The molecule has 2 aromatic rings. The van der Waals surface area contributed by atoms with Crippen LogP contribution in [0.1, 0.15) is 42.6 Å². The zero-order valence-corrected chi connectivity index (χ0v) is 12.7. The Labute approximate surface area is 130 Å². The summed E-state index contributed by atoms with van der Waals surface area (Å²) in [4.78, 5) is 16.9. The lowest BCUT2D eigenvalue weighted by atomic mass is 9.95. The number of rotatable bonds is 3. The van der Waals surface area contributed by atoms with Gasteiger partial charge in [-0.1, -0.05) is 43.5 Å². The van der Waals surface area contributed by atoms with E-state index in [1.165, 1.54) is 6.42 Å². The molecule has 0 aliphatic heterocycles. The van der Waals surface area contributed by atoms with Crippen molar-refractivity contribution < 1.29 is 9.90 Å². The summed E-state index contributed by atoms with van der Waals surface area (Å²) in [6, 6.07) is 9.74. The molecular weight excluding hydrogens is 276 g/mol. The third-order valence-electron chi connectivity index (χ3n) is 4.60. The molecule has 0 radical (unpaired) electrons. The van der Waals surface area contributed by atoms with Gasteiger partial charge in [-0.25, -0.2) is 0 Å². The van der Waals surface area contributed by atoms with E-state index in [0.717, 1.165) is 36.5 Å². The van der Waals surface area contributed by atoms with Crippen molar-refractivity contribution in [3.05, 3.63) is 42.2 Å². The van der Waals surface area contributed by atoms with Gasteiger partial charge in [0, 0.05) is 30.1 Å². The summed E-state index contributed by atoms with van der Waals surface area (Å²) in [5.41, 5.74) is 0.471. The largest absolute Gasteiger partial charge is 0.396 e. The Balaban J connectivity index is 1.83. The molecular formula is C18H22N2O2. The average Bonchev–Trinajstić information content (AvgIpc) is 2.79. The van der Waals surface area contributed by atoms with Gasteiger partial charge in [0.15, 0.2) is 0 Å². The minimum atomic E-state index is -0.137. The Kier molecular flexibility index (Phi) is 4.68. The summed E-state index contributed by atoms with van der Waals surface area (Å²) < 4.78 is 0. The minimum absolute atomic E-state index is 0.0424. The standard InChI is InChI=1S/C18H22N2O2/c21-12-14-7-2-1-3-9-16(14)20-18(22)17-15-8-5-4-6-13(15)10-11-19-17/h4-6,8,10-11,14,16,21H,1-3,7,9,12H2,(H,20,22). The number of aliphatic hydroxyl groups excluding tert-OH is 1. The van der Waals surface area contributed by atoms with E-state index in [1.807, 2.05) is 30.3 Å². The molecule has 116 valence electrons. The van der Waals surface area contributed by atoms with Gasteiger partial charge in [0.1, 0.15) is 5.69 Å². The summed E-state index contributed by atoms with van der Waals surface area (Å²) >= 11 is 0. The van der Waals surface area contributed by atoms with E-state index in [1.54, 1.807) is 6.20 Å². The molecule has 1 amide bonds. The molecule has 1 aliphatic carbocycles. The number of fused-ring (bicyclic) bond motifs is 1. The Morgan fingerprint density at radius 2 is 2.00 bits per heavy atom. The number of nitrogens with one attached hydrogen (secondary N) is 1. The van der Waals surface area contributed by atoms with Crippen LogP contribution in [0.5, 0.6) is 0 Å². The lowest BCUT2D eigenvalue weighted by molar-refractivity contribution is 0.0896. The maximum atomic E-state index is 12.6. The highest BCUT2D eigenvalue weighted by Crippen LogP contribution is 2.24. The maximum Gasteiger partial charge on any atom is 0.270 e. The van der Waals surface area contributed by atoms with Crippen LogP contribution in [-0.4, -0.2) is 28.6 Å². The fourth-order valence-electron chi connectivity index (χ4n) is 3.33. The fraction of sp³-hybridized carbons (Fsp3) is 0.444. The van der Waals surface area contributed by atoms with E-state index in [9.17, 15) is 9.90 Å². The number of benzene rings is 1. The molecule has 1 aromatic carbocycles. The van der Waals surface area contributed by atoms with Crippen molar-refractivity contribution in [2.24, 2.45) is 5.92 Å². The van der Waals surface area contributed by atoms with Crippen molar-refractivity contribution in [2.75, 3.05) is 6.61 Å². The van der Waals surface area contributed by atoms with Gasteiger partial charge in [-0.15, -0.1) is 0 Å². The molecule has 2 unspecified atom stereocenters. The van der Waals surface area contributed by atoms with E-state index in [-0.39, 0.29) is 24.5 Å². The number of aromatic nitrogens is 1. The molecule has 22 heavy (non-hydrogen) atoms. The Hall–Kier alpha value is -1.94. The molecule has 1 fully saturated rings. The molecule has 1 aliphatic rings. The van der Waals surface area contributed by atoms with Gasteiger partial charge in [0.25, 0.3) is 5.91 Å². The Morgan fingerprint density at radius 1 is 1.18 bits per heavy atom. The predicted molar refractivity (Wildman–Crippen MR) is 86.7 cm³/mol. The SMILES string of the molecule is O=C(NC1CCCCCC1CO)c1nccc2ccccc12. The zero-order chi connectivity index (χ0) is 15.4. The first-order valence-corrected chi connectivity index (χ1v) is 8.05. The summed E-state index contributed by atoms with van der Waals surface area (Å²) in [5, 5.41) is 14.6. The van der Waals surface area contributed by atoms with Gasteiger partial charge < -0.3 is 10.4 Å². The lowest BCUT2D eigenvalue weighted by Crippen LogP contribution is -2.41. The molecule has 0 bridgehead atoms. The van der Waals surface area contributed by atoms with Crippen LogP contribution in [0.15, 0.2) is 36.5 Å². The van der Waals surface area contributed by atoms with Gasteiger partial charge >= 0.3 is 0 Å². The second kappa shape index (κ2) is 6.88. The highest BCUT2D eigenvalue weighted by Gasteiger charge is 2.25. The van der Waals surface area contributed by atoms with Crippen LogP contribution in [0.2, 0.25) is 0 Å². The average molecular weight is 298 g/mol. The van der Waals surface area contributed by atoms with Crippen LogP contribution in [0.3, 0.4) is 0 Å². The molecule has 4 nitrogen and oxygen atoms in total. The highest BCUT2D eigenvalue weighted by molar-refractivity contribution is 6.05. The Morgan fingerprint density at radius 3 is 2.86 bits per heavy atom. The number of nitrogens with zero attached hydrogens (tertiary/aromatic N) is 1. The first-order chi connectivity index (χ1) is 10.8. The summed E-state index contributed by atoms with van der Waals surface area (Å²) in [7, 11) is 0. The summed E-state index contributed by atoms with van der Waals surface area (Å²) in [6.07, 6.45) is 6.99. The van der Waals surface area contributed by atoms with Crippen LogP contribution in [0.25, 0.3) is 10.8 Å². The first-order valence-electron chi connectivity index (χ1n) is 8.05. The van der Waals surface area contributed by atoms with Crippen LogP contribution in [0.4, 0.5) is 0 Å². The highest BCUT2D eigenvalue weighted by atomic mass is 16.3. The van der Waals surface area contributed by atoms with E-state index >= 15 is 0 Å². The second-order valence-electron chi connectivity index (χ2n) is 6.04. The third-order valence-corrected chi connectivity index (χ3v) is 4.60. The van der Waals surface area contributed by atoms with Crippen molar-refractivity contribution in [3.63, 3.8) is 0 Å². The molecule has 3 rings (SSSR count). The van der Waals surface area contributed by atoms with Crippen molar-refractivity contribution in [3.8, 4) is 0 Å². The number of amides is 1. The predicted octanol–water partition coefficient (Wildman–Crippen LogP) is 2.91. The molecule has 0 saturated heterocycles. The number of carbonyl (C=O) groups is 1.